The molecule has 11 heteroatoms. The van der Waals surface area contributed by atoms with Gasteiger partial charge in [0.2, 0.25) is 21.9 Å². The van der Waals surface area contributed by atoms with Crippen molar-refractivity contribution in [1.29, 1.82) is 0 Å². The number of rotatable bonds is 9. The Morgan fingerprint density at radius 1 is 1.14 bits per heavy atom. The first-order valence-corrected chi connectivity index (χ1v) is 13.7. The lowest BCUT2D eigenvalue weighted by Gasteiger charge is -2.26. The fourth-order valence-corrected chi connectivity index (χ4v) is 5.32. The molecule has 0 aliphatic heterocycles. The number of aryl methyl sites for hydroxylation is 1. The number of benzene rings is 1. The maximum absolute atomic E-state index is 15.0. The summed E-state index contributed by atoms with van der Waals surface area (Å²) in [5.41, 5.74) is 7.70. The number of aromatic nitrogens is 3. The number of halogens is 1. The summed E-state index contributed by atoms with van der Waals surface area (Å²) in [5.74, 6) is -0.130. The molecule has 0 amide bonds. The summed E-state index contributed by atoms with van der Waals surface area (Å²) >= 11 is 0. The second-order valence-electron chi connectivity index (χ2n) is 9.00. The molecule has 4 rings (SSSR count). The molecule has 0 unspecified atom stereocenters. The number of hydrogen-bond acceptors (Lipinski definition) is 8. The van der Waals surface area contributed by atoms with Gasteiger partial charge < -0.3 is 15.8 Å². The highest BCUT2D eigenvalue weighted by Crippen LogP contribution is 2.35. The Hall–Kier alpha value is -3.31. The molecule has 0 radical (unpaired) electrons. The molecular formula is C25H31FN6O3S. The van der Waals surface area contributed by atoms with E-state index in [1.54, 1.807) is 44.4 Å². The van der Waals surface area contributed by atoms with Gasteiger partial charge in [-0.15, -0.1) is 0 Å². The second-order valence-corrected chi connectivity index (χ2v) is 10.8. The van der Waals surface area contributed by atoms with Gasteiger partial charge >= 0.3 is 0 Å². The average molecular weight is 515 g/mol. The molecule has 192 valence electrons. The van der Waals surface area contributed by atoms with E-state index in [1.165, 1.54) is 6.07 Å². The standard InChI is InChI=1S/C25H31FN6O3S/c1-3-13-36(33,34)32-19-14-16(2)23(21(26)15-19)35-24-20(5-4-11-28-24)22-10-12-29-25(31-22)30-18-8-6-17(27)7-9-18/h4-5,10-12,14-15,17-18,32H,3,6-9,13,27H2,1-2H3,(H,29,30,31). The third-order valence-corrected chi connectivity index (χ3v) is 7.47. The van der Waals surface area contributed by atoms with Gasteiger partial charge in [-0.2, -0.15) is 0 Å². The number of ether oxygens (including phenoxy) is 1. The molecule has 0 bridgehead atoms. The van der Waals surface area contributed by atoms with Gasteiger partial charge in [-0.05, 0) is 68.9 Å². The Morgan fingerprint density at radius 2 is 1.92 bits per heavy atom. The van der Waals surface area contributed by atoms with Crippen LogP contribution in [0.25, 0.3) is 11.3 Å². The van der Waals surface area contributed by atoms with Crippen LogP contribution in [-0.2, 0) is 10.0 Å². The van der Waals surface area contributed by atoms with Gasteiger partial charge in [0.1, 0.15) is 0 Å². The molecule has 1 aromatic carbocycles. The molecule has 1 fully saturated rings. The van der Waals surface area contributed by atoms with E-state index in [1.807, 2.05) is 0 Å². The molecule has 36 heavy (non-hydrogen) atoms. The highest BCUT2D eigenvalue weighted by Gasteiger charge is 2.20. The lowest BCUT2D eigenvalue weighted by molar-refractivity contribution is 0.410. The smallest absolute Gasteiger partial charge is 0.232 e. The Kier molecular flexibility index (Phi) is 8.00. The molecule has 4 N–H and O–H groups in total. The van der Waals surface area contributed by atoms with Crippen LogP contribution in [0.5, 0.6) is 11.6 Å². The number of nitrogens with zero attached hydrogens (tertiary/aromatic N) is 3. The van der Waals surface area contributed by atoms with Crippen LogP contribution in [0.1, 0.15) is 44.6 Å². The summed E-state index contributed by atoms with van der Waals surface area (Å²) in [4.78, 5) is 13.3. The van der Waals surface area contributed by atoms with Gasteiger partial charge in [-0.25, -0.2) is 27.8 Å². The Labute approximate surface area is 210 Å². The Bertz CT molecular complexity index is 1290. The summed E-state index contributed by atoms with van der Waals surface area (Å²) < 4.78 is 47.5. The van der Waals surface area contributed by atoms with Crippen LogP contribution in [0.4, 0.5) is 16.0 Å². The van der Waals surface area contributed by atoms with Crippen LogP contribution in [0.3, 0.4) is 0 Å². The number of pyridine rings is 1. The first kappa shape index (κ1) is 25.8. The summed E-state index contributed by atoms with van der Waals surface area (Å²) in [5, 5.41) is 3.38. The minimum absolute atomic E-state index is 0.0423. The zero-order valence-corrected chi connectivity index (χ0v) is 21.2. The number of hydrogen-bond donors (Lipinski definition) is 3. The van der Waals surface area contributed by atoms with Crippen LogP contribution >= 0.6 is 0 Å². The maximum Gasteiger partial charge on any atom is 0.232 e. The molecule has 0 atom stereocenters. The Morgan fingerprint density at radius 3 is 2.64 bits per heavy atom. The van der Waals surface area contributed by atoms with Gasteiger partial charge in [0, 0.05) is 30.5 Å². The summed E-state index contributed by atoms with van der Waals surface area (Å²) in [6.45, 7) is 3.40. The largest absolute Gasteiger partial charge is 0.435 e. The van der Waals surface area contributed by atoms with Crippen molar-refractivity contribution in [2.24, 2.45) is 5.73 Å². The zero-order valence-electron chi connectivity index (χ0n) is 20.4. The van der Waals surface area contributed by atoms with Crippen LogP contribution in [0, 0.1) is 12.7 Å². The van der Waals surface area contributed by atoms with E-state index in [9.17, 15) is 8.42 Å². The monoisotopic (exact) mass is 514 g/mol. The molecule has 0 saturated heterocycles. The lowest BCUT2D eigenvalue weighted by atomic mass is 9.92. The predicted molar refractivity (Wildman–Crippen MR) is 138 cm³/mol. The van der Waals surface area contributed by atoms with Crippen LogP contribution < -0.4 is 20.5 Å². The summed E-state index contributed by atoms with van der Waals surface area (Å²) in [6, 6.07) is 8.40. The summed E-state index contributed by atoms with van der Waals surface area (Å²) in [6.07, 6.45) is 7.49. The number of nitrogens with one attached hydrogen (secondary N) is 2. The maximum atomic E-state index is 15.0. The van der Waals surface area contributed by atoms with Crippen molar-refractivity contribution in [3.8, 4) is 22.9 Å². The van der Waals surface area contributed by atoms with E-state index in [-0.39, 0.29) is 35.2 Å². The third kappa shape index (κ3) is 6.46. The van der Waals surface area contributed by atoms with Crippen molar-refractivity contribution in [2.45, 2.75) is 58.0 Å². The second kappa shape index (κ2) is 11.2. The van der Waals surface area contributed by atoms with E-state index in [4.69, 9.17) is 10.5 Å². The fourth-order valence-electron chi connectivity index (χ4n) is 4.21. The van der Waals surface area contributed by atoms with E-state index in [0.717, 1.165) is 31.7 Å². The van der Waals surface area contributed by atoms with Crippen LogP contribution in [0.2, 0.25) is 0 Å². The molecule has 2 heterocycles. The van der Waals surface area contributed by atoms with Crippen molar-refractivity contribution in [1.82, 2.24) is 15.0 Å². The minimum atomic E-state index is -3.55. The quantitative estimate of drug-likeness (QED) is 0.377. The minimum Gasteiger partial charge on any atom is -0.435 e. The third-order valence-electron chi connectivity index (χ3n) is 5.98. The average Bonchev–Trinajstić information content (AvgIpc) is 2.83. The molecule has 9 nitrogen and oxygen atoms in total. The normalized spacial score (nSPS) is 18.0. The predicted octanol–water partition coefficient (Wildman–Crippen LogP) is 4.61. The van der Waals surface area contributed by atoms with Crippen molar-refractivity contribution < 1.29 is 17.5 Å². The zero-order chi connectivity index (χ0) is 25.7. The van der Waals surface area contributed by atoms with E-state index in [0.29, 0.717) is 29.2 Å². The van der Waals surface area contributed by atoms with Gasteiger partial charge in [0.05, 0.1) is 22.7 Å². The van der Waals surface area contributed by atoms with Crippen molar-refractivity contribution in [3.63, 3.8) is 0 Å². The molecule has 3 aromatic rings. The SMILES string of the molecule is CCCS(=O)(=O)Nc1cc(C)c(Oc2ncccc2-c2ccnc(NC3CCC(N)CC3)n2)c(F)c1. The van der Waals surface area contributed by atoms with Crippen molar-refractivity contribution >= 4 is 21.7 Å². The van der Waals surface area contributed by atoms with E-state index < -0.39 is 15.8 Å². The fraction of sp³-hybridized carbons (Fsp3) is 0.400. The van der Waals surface area contributed by atoms with E-state index in [2.05, 4.69) is 25.0 Å². The molecule has 1 aliphatic carbocycles. The molecule has 0 spiro atoms. The van der Waals surface area contributed by atoms with Gasteiger partial charge in [0.15, 0.2) is 11.6 Å². The van der Waals surface area contributed by atoms with Crippen LogP contribution in [-0.4, -0.2) is 41.2 Å². The number of anilines is 2. The number of nitrogens with two attached hydrogens (primary N) is 1. The molecule has 2 aromatic heterocycles. The highest BCUT2D eigenvalue weighted by molar-refractivity contribution is 7.92. The van der Waals surface area contributed by atoms with Gasteiger partial charge in [0.25, 0.3) is 0 Å². The Balaban J connectivity index is 1.56. The van der Waals surface area contributed by atoms with Crippen LogP contribution in [0.15, 0.2) is 42.7 Å². The van der Waals surface area contributed by atoms with E-state index >= 15 is 4.39 Å². The van der Waals surface area contributed by atoms with Gasteiger partial charge in [-0.1, -0.05) is 6.92 Å². The van der Waals surface area contributed by atoms with Crippen molar-refractivity contribution in [3.05, 3.63) is 54.1 Å². The molecular weight excluding hydrogens is 483 g/mol. The topological polar surface area (TPSA) is 132 Å². The van der Waals surface area contributed by atoms with Crippen molar-refractivity contribution in [2.75, 3.05) is 15.8 Å². The lowest BCUT2D eigenvalue weighted by Crippen LogP contribution is -2.33. The summed E-state index contributed by atoms with van der Waals surface area (Å²) in [7, 11) is -3.55. The highest BCUT2D eigenvalue weighted by atomic mass is 32.2. The number of sulfonamides is 1. The first-order valence-electron chi connectivity index (χ1n) is 12.0. The molecule has 1 saturated carbocycles. The van der Waals surface area contributed by atoms with Gasteiger partial charge in [-0.3, -0.25) is 4.72 Å². The molecule has 1 aliphatic rings. The first-order chi connectivity index (χ1) is 17.2.